The number of hydrogen-bond donors (Lipinski definition) is 2. The molecule has 0 spiro atoms. The van der Waals surface area contributed by atoms with Gasteiger partial charge in [0.05, 0.1) is 26.4 Å². The predicted octanol–water partition coefficient (Wildman–Crippen LogP) is -0.738. The molecule has 1 rings (SSSR count). The minimum absolute atomic E-state index is 0.0552. The molecule has 0 aliphatic rings. The van der Waals surface area contributed by atoms with Gasteiger partial charge in [0.15, 0.2) is 6.23 Å². The largest absolute Gasteiger partial charge is 0.393 e. The Morgan fingerprint density at radius 3 is 2.81 bits per heavy atom. The van der Waals surface area contributed by atoms with Gasteiger partial charge in [-0.2, -0.15) is 0 Å². The summed E-state index contributed by atoms with van der Waals surface area (Å²) < 4.78 is 16.9. The van der Waals surface area contributed by atoms with Crippen LogP contribution in [0.4, 0.5) is 0 Å². The molecule has 0 aliphatic carbocycles. The first-order chi connectivity index (χ1) is 10.1. The molecule has 0 amide bonds. The maximum absolute atomic E-state index is 11.8. The highest BCUT2D eigenvalue weighted by molar-refractivity contribution is 4.86. The summed E-state index contributed by atoms with van der Waals surface area (Å²) in [6.45, 7) is 4.03. The summed E-state index contributed by atoms with van der Waals surface area (Å²) >= 11 is 0. The molecule has 118 valence electrons. The van der Waals surface area contributed by atoms with Crippen LogP contribution in [0.2, 0.25) is 0 Å². The number of aromatic nitrogens is 2. The lowest BCUT2D eigenvalue weighted by molar-refractivity contribution is -0.0983. The number of ether oxygens (including phenoxy) is 3. The minimum atomic E-state index is -0.804. The highest BCUT2D eigenvalue weighted by atomic mass is 16.6. The Balaban J connectivity index is 2.86. The molecule has 2 N–H and O–H groups in total. The molecule has 0 saturated carbocycles. The van der Waals surface area contributed by atoms with Crippen LogP contribution in [0.25, 0.3) is 0 Å². The molecule has 21 heavy (non-hydrogen) atoms. The molecular weight excluding hydrogens is 280 g/mol. The van der Waals surface area contributed by atoms with Gasteiger partial charge in [0.2, 0.25) is 0 Å². The smallest absolute Gasteiger partial charge is 0.330 e. The van der Waals surface area contributed by atoms with Crippen LogP contribution in [0.3, 0.4) is 0 Å². The Kier molecular flexibility index (Phi) is 7.62. The van der Waals surface area contributed by atoms with Gasteiger partial charge in [-0.05, 0) is 0 Å². The number of H-pyrrole nitrogens is 1. The summed E-state index contributed by atoms with van der Waals surface area (Å²) in [6.07, 6.45) is 1.27. The fraction of sp³-hybridized carbons (Fsp3) is 0.538. The first-order valence-corrected chi connectivity index (χ1v) is 6.39. The van der Waals surface area contributed by atoms with Crippen LogP contribution in [-0.4, -0.2) is 54.3 Å². The molecule has 0 fully saturated rings. The van der Waals surface area contributed by atoms with Gasteiger partial charge in [-0.15, -0.1) is 6.58 Å². The van der Waals surface area contributed by atoms with Crippen molar-refractivity contribution in [1.82, 2.24) is 9.55 Å². The van der Waals surface area contributed by atoms with E-state index in [0.29, 0.717) is 13.2 Å². The van der Waals surface area contributed by atoms with Crippen molar-refractivity contribution in [3.8, 4) is 0 Å². The van der Waals surface area contributed by atoms with Crippen LogP contribution < -0.4 is 11.2 Å². The van der Waals surface area contributed by atoms with Crippen molar-refractivity contribution in [2.24, 2.45) is 0 Å². The second kappa shape index (κ2) is 9.24. The molecule has 0 aliphatic heterocycles. The highest BCUT2D eigenvalue weighted by Crippen LogP contribution is 2.10. The first kappa shape index (κ1) is 17.3. The Hall–Kier alpha value is -1.74. The first-order valence-electron chi connectivity index (χ1n) is 6.39. The minimum Gasteiger partial charge on any atom is -0.393 e. The lowest BCUT2D eigenvalue weighted by Gasteiger charge is -2.23. The van der Waals surface area contributed by atoms with Crippen LogP contribution >= 0.6 is 0 Å². The van der Waals surface area contributed by atoms with Crippen LogP contribution in [0, 0.1) is 0 Å². The van der Waals surface area contributed by atoms with E-state index in [1.54, 1.807) is 7.11 Å². The monoisotopic (exact) mass is 300 g/mol. The summed E-state index contributed by atoms with van der Waals surface area (Å²) in [4.78, 5) is 25.0. The van der Waals surface area contributed by atoms with Gasteiger partial charge < -0.3 is 19.3 Å². The number of nitrogens with one attached hydrogen (secondary N) is 1. The number of hydrogen-bond acceptors (Lipinski definition) is 6. The van der Waals surface area contributed by atoms with Crippen LogP contribution in [0.5, 0.6) is 0 Å². The molecule has 2 atom stereocenters. The predicted molar refractivity (Wildman–Crippen MR) is 75.2 cm³/mol. The van der Waals surface area contributed by atoms with E-state index in [0.717, 1.165) is 0 Å². The van der Waals surface area contributed by atoms with Gasteiger partial charge >= 0.3 is 5.69 Å². The fourth-order valence-corrected chi connectivity index (χ4v) is 1.54. The normalized spacial score (nSPS) is 13.8. The third kappa shape index (κ3) is 5.64. The summed E-state index contributed by atoms with van der Waals surface area (Å²) in [6, 6.07) is 1.20. The average molecular weight is 300 g/mol. The SMILES string of the molecule is C=C[C@H](CO)O[C@H](COCCOC)n1ccc(=O)[nH]c1=O. The molecule has 0 bridgehead atoms. The second-order valence-corrected chi connectivity index (χ2v) is 4.13. The summed E-state index contributed by atoms with van der Waals surface area (Å²) in [7, 11) is 1.54. The van der Waals surface area contributed by atoms with E-state index in [2.05, 4.69) is 11.6 Å². The van der Waals surface area contributed by atoms with Crippen molar-refractivity contribution in [3.05, 3.63) is 45.8 Å². The van der Waals surface area contributed by atoms with E-state index in [9.17, 15) is 9.59 Å². The van der Waals surface area contributed by atoms with E-state index >= 15 is 0 Å². The van der Waals surface area contributed by atoms with Gasteiger partial charge in [-0.25, -0.2) is 4.79 Å². The molecule has 0 unspecified atom stereocenters. The standard InChI is InChI=1S/C13H20N2O6/c1-3-10(8-16)21-12(9-20-7-6-19-2)15-5-4-11(17)14-13(15)18/h3-5,10,12,16H,1,6-9H2,2H3,(H,14,17,18)/t10-,12-/m1/s1. The number of methoxy groups -OCH3 is 1. The average Bonchev–Trinajstić information content (AvgIpc) is 2.47. The zero-order valence-corrected chi connectivity index (χ0v) is 11.9. The molecule has 1 aromatic heterocycles. The zero-order valence-electron chi connectivity index (χ0n) is 11.9. The third-order valence-electron chi connectivity index (χ3n) is 2.63. The summed E-state index contributed by atoms with van der Waals surface area (Å²) in [5, 5.41) is 9.14. The van der Waals surface area contributed by atoms with Gasteiger partial charge in [-0.1, -0.05) is 6.08 Å². The third-order valence-corrected chi connectivity index (χ3v) is 2.63. The molecule has 0 aromatic carbocycles. The van der Waals surface area contributed by atoms with Crippen molar-refractivity contribution in [3.63, 3.8) is 0 Å². The Bertz CT molecular complexity index is 538. The van der Waals surface area contributed by atoms with Crippen molar-refractivity contribution in [2.45, 2.75) is 12.3 Å². The topological polar surface area (TPSA) is 103 Å². The maximum atomic E-state index is 11.8. The van der Waals surface area contributed by atoms with Gasteiger partial charge in [0.25, 0.3) is 5.56 Å². The van der Waals surface area contributed by atoms with Gasteiger partial charge in [0.1, 0.15) is 6.10 Å². The number of aliphatic hydroxyl groups excluding tert-OH is 1. The zero-order chi connectivity index (χ0) is 15.7. The van der Waals surface area contributed by atoms with E-state index in [1.165, 1.54) is 22.9 Å². The second-order valence-electron chi connectivity index (χ2n) is 4.13. The maximum Gasteiger partial charge on any atom is 0.330 e. The van der Waals surface area contributed by atoms with Crippen molar-refractivity contribution < 1.29 is 19.3 Å². The van der Waals surface area contributed by atoms with Crippen molar-refractivity contribution in [1.29, 1.82) is 0 Å². The van der Waals surface area contributed by atoms with Crippen LogP contribution in [-0.2, 0) is 14.2 Å². The number of rotatable bonds is 10. The lowest BCUT2D eigenvalue weighted by atomic mass is 10.3. The van der Waals surface area contributed by atoms with E-state index in [4.69, 9.17) is 19.3 Å². The quantitative estimate of drug-likeness (QED) is 0.436. The molecule has 1 aromatic rings. The molecule has 8 heteroatoms. The molecule has 0 saturated heterocycles. The van der Waals surface area contributed by atoms with E-state index in [1.807, 2.05) is 0 Å². The van der Waals surface area contributed by atoms with Gasteiger partial charge in [0, 0.05) is 19.4 Å². The number of aliphatic hydroxyl groups is 1. The molecule has 0 radical (unpaired) electrons. The number of nitrogens with zero attached hydrogens (tertiary/aromatic N) is 1. The molecule has 1 heterocycles. The van der Waals surface area contributed by atoms with Crippen LogP contribution in [0.15, 0.2) is 34.5 Å². The fourth-order valence-electron chi connectivity index (χ4n) is 1.54. The van der Waals surface area contributed by atoms with Crippen molar-refractivity contribution >= 4 is 0 Å². The highest BCUT2D eigenvalue weighted by Gasteiger charge is 2.17. The Morgan fingerprint density at radius 1 is 1.48 bits per heavy atom. The van der Waals surface area contributed by atoms with E-state index < -0.39 is 23.6 Å². The Labute approximate surface area is 121 Å². The molecule has 8 nitrogen and oxygen atoms in total. The lowest BCUT2D eigenvalue weighted by Crippen LogP contribution is -2.36. The summed E-state index contributed by atoms with van der Waals surface area (Å²) in [5.74, 6) is 0. The van der Waals surface area contributed by atoms with E-state index in [-0.39, 0.29) is 13.2 Å². The van der Waals surface area contributed by atoms with Gasteiger partial charge in [-0.3, -0.25) is 14.3 Å². The molecular formula is C13H20N2O6. The number of aromatic amines is 1. The Morgan fingerprint density at radius 2 is 2.24 bits per heavy atom. The summed E-state index contributed by atoms with van der Waals surface area (Å²) in [5.41, 5.74) is -1.12. The van der Waals surface area contributed by atoms with Crippen LogP contribution in [0.1, 0.15) is 6.23 Å². The van der Waals surface area contributed by atoms with Crippen molar-refractivity contribution in [2.75, 3.05) is 33.5 Å².